The third-order valence-corrected chi connectivity index (χ3v) is 5.00. The van der Waals surface area contributed by atoms with Crippen LogP contribution in [0.2, 0.25) is 0 Å². The van der Waals surface area contributed by atoms with Gasteiger partial charge in [0.25, 0.3) is 5.69 Å². The van der Waals surface area contributed by atoms with Crippen LogP contribution in [0.1, 0.15) is 24.3 Å². The number of halogens is 1. The second-order valence-electron chi connectivity index (χ2n) is 5.74. The molecule has 2 heterocycles. The Kier molecular flexibility index (Phi) is 4.34. The molecule has 1 atom stereocenters. The molecule has 2 aromatic rings. The SMILES string of the molecule is CC(=O)N1N=C(c2ccccc2I)O[C@@H]1c1cc2c(cc1[N+](=O)[O-])OCO2. The molecule has 9 nitrogen and oxygen atoms in total. The minimum absolute atomic E-state index is 0.0259. The Bertz CT molecular complexity index is 993. The van der Waals surface area contributed by atoms with Gasteiger partial charge in [-0.15, -0.1) is 5.10 Å². The van der Waals surface area contributed by atoms with Gasteiger partial charge in [-0.2, -0.15) is 5.01 Å². The second-order valence-corrected chi connectivity index (χ2v) is 6.90. The number of carbonyl (C=O) groups excluding carboxylic acids is 1. The standard InChI is InChI=1S/C17H12IN3O6/c1-9(22)20-17(27-16(19-20)10-4-2-3-5-12(10)18)11-6-14-15(26-8-25-14)7-13(11)21(23)24/h2-7,17H,8H2,1H3/t17-/m1/s1. The molecule has 0 fully saturated rings. The van der Waals surface area contributed by atoms with E-state index in [1.54, 1.807) is 6.07 Å². The number of carbonyl (C=O) groups is 1. The van der Waals surface area contributed by atoms with Gasteiger partial charge in [0.05, 0.1) is 22.1 Å². The minimum Gasteiger partial charge on any atom is -0.454 e. The van der Waals surface area contributed by atoms with E-state index < -0.39 is 17.1 Å². The van der Waals surface area contributed by atoms with Gasteiger partial charge in [0.15, 0.2) is 11.5 Å². The van der Waals surface area contributed by atoms with E-state index in [0.29, 0.717) is 11.3 Å². The zero-order valence-electron chi connectivity index (χ0n) is 13.9. The van der Waals surface area contributed by atoms with Crippen molar-refractivity contribution in [3.63, 3.8) is 0 Å². The average Bonchev–Trinajstić information content (AvgIpc) is 3.27. The van der Waals surface area contributed by atoms with E-state index in [2.05, 4.69) is 27.7 Å². The van der Waals surface area contributed by atoms with Crippen molar-refractivity contribution in [2.24, 2.45) is 5.10 Å². The van der Waals surface area contributed by atoms with Crippen LogP contribution in [-0.4, -0.2) is 28.5 Å². The van der Waals surface area contributed by atoms with E-state index in [1.165, 1.54) is 19.1 Å². The number of hydrazone groups is 1. The van der Waals surface area contributed by atoms with E-state index in [-0.39, 0.29) is 29.7 Å². The highest BCUT2D eigenvalue weighted by Crippen LogP contribution is 2.43. The van der Waals surface area contributed by atoms with Gasteiger partial charge in [0.1, 0.15) is 0 Å². The highest BCUT2D eigenvalue weighted by Gasteiger charge is 2.39. The van der Waals surface area contributed by atoms with Crippen molar-refractivity contribution in [3.05, 3.63) is 61.2 Å². The molecule has 27 heavy (non-hydrogen) atoms. The van der Waals surface area contributed by atoms with Crippen LogP contribution in [0.15, 0.2) is 41.5 Å². The Morgan fingerprint density at radius 1 is 1.30 bits per heavy atom. The molecule has 10 heteroatoms. The van der Waals surface area contributed by atoms with Crippen molar-refractivity contribution in [1.82, 2.24) is 5.01 Å². The van der Waals surface area contributed by atoms with Gasteiger partial charge in [-0.3, -0.25) is 14.9 Å². The van der Waals surface area contributed by atoms with Gasteiger partial charge >= 0.3 is 0 Å². The van der Waals surface area contributed by atoms with Crippen molar-refractivity contribution >= 4 is 40.1 Å². The number of rotatable bonds is 3. The van der Waals surface area contributed by atoms with Crippen molar-refractivity contribution in [2.75, 3.05) is 6.79 Å². The fourth-order valence-corrected chi connectivity index (χ4v) is 3.43. The molecule has 2 aliphatic rings. The third-order valence-electron chi connectivity index (χ3n) is 4.06. The monoisotopic (exact) mass is 481 g/mol. The van der Waals surface area contributed by atoms with Crippen molar-refractivity contribution in [3.8, 4) is 11.5 Å². The summed E-state index contributed by atoms with van der Waals surface area (Å²) in [4.78, 5) is 23.1. The Hall–Kier alpha value is -2.89. The van der Waals surface area contributed by atoms with Crippen molar-refractivity contribution in [1.29, 1.82) is 0 Å². The molecule has 2 aliphatic heterocycles. The van der Waals surface area contributed by atoms with Gasteiger partial charge in [-0.05, 0) is 34.7 Å². The maximum atomic E-state index is 12.1. The summed E-state index contributed by atoms with van der Waals surface area (Å²) in [5, 5.41) is 16.9. The van der Waals surface area contributed by atoms with Crippen LogP contribution in [0.3, 0.4) is 0 Å². The second kappa shape index (κ2) is 6.68. The van der Waals surface area contributed by atoms with Crippen LogP contribution in [0.25, 0.3) is 0 Å². The molecule has 0 saturated heterocycles. The molecule has 0 unspecified atom stereocenters. The molecular weight excluding hydrogens is 469 g/mol. The largest absolute Gasteiger partial charge is 0.454 e. The Labute approximate surface area is 166 Å². The predicted octanol–water partition coefficient (Wildman–Crippen LogP) is 3.17. The van der Waals surface area contributed by atoms with E-state index in [4.69, 9.17) is 14.2 Å². The first-order chi connectivity index (χ1) is 13.0. The first kappa shape index (κ1) is 17.5. The number of hydrogen-bond acceptors (Lipinski definition) is 7. The lowest BCUT2D eigenvalue weighted by atomic mass is 10.1. The van der Waals surface area contributed by atoms with Crippen LogP contribution < -0.4 is 9.47 Å². The molecule has 4 rings (SSSR count). The van der Waals surface area contributed by atoms with Crippen molar-refractivity contribution in [2.45, 2.75) is 13.2 Å². The van der Waals surface area contributed by atoms with Gasteiger partial charge in [-0.25, -0.2) is 0 Å². The zero-order chi connectivity index (χ0) is 19.1. The molecule has 0 aliphatic carbocycles. The summed E-state index contributed by atoms with van der Waals surface area (Å²) in [6, 6.07) is 10.1. The smallest absolute Gasteiger partial charge is 0.282 e. The van der Waals surface area contributed by atoms with Gasteiger partial charge in [0.2, 0.25) is 24.8 Å². The molecule has 0 radical (unpaired) electrons. The van der Waals surface area contributed by atoms with Crippen LogP contribution in [0, 0.1) is 13.7 Å². The Morgan fingerprint density at radius 3 is 2.67 bits per heavy atom. The van der Waals surface area contributed by atoms with Gasteiger partial charge < -0.3 is 14.2 Å². The van der Waals surface area contributed by atoms with Crippen LogP contribution in [-0.2, 0) is 9.53 Å². The summed E-state index contributed by atoms with van der Waals surface area (Å²) in [6.07, 6.45) is -1.08. The molecule has 138 valence electrons. The zero-order valence-corrected chi connectivity index (χ0v) is 16.1. The molecule has 2 aromatic carbocycles. The number of fused-ring (bicyclic) bond motifs is 1. The fourth-order valence-electron chi connectivity index (χ4n) is 2.82. The van der Waals surface area contributed by atoms with E-state index in [1.807, 2.05) is 18.2 Å². The van der Waals surface area contributed by atoms with E-state index in [9.17, 15) is 14.9 Å². The molecule has 0 aromatic heterocycles. The summed E-state index contributed by atoms with van der Waals surface area (Å²) in [7, 11) is 0. The quantitative estimate of drug-likeness (QED) is 0.379. The minimum atomic E-state index is -1.08. The average molecular weight is 481 g/mol. The van der Waals surface area contributed by atoms with E-state index >= 15 is 0 Å². The summed E-state index contributed by atoms with van der Waals surface area (Å²) in [5.41, 5.74) is 0.606. The first-order valence-electron chi connectivity index (χ1n) is 7.83. The maximum Gasteiger partial charge on any atom is 0.282 e. The lowest BCUT2D eigenvalue weighted by Crippen LogP contribution is -2.26. The van der Waals surface area contributed by atoms with Gasteiger partial charge in [-0.1, -0.05) is 12.1 Å². The highest BCUT2D eigenvalue weighted by atomic mass is 127. The fraction of sp³-hybridized carbons (Fsp3) is 0.176. The summed E-state index contributed by atoms with van der Waals surface area (Å²) >= 11 is 2.13. The van der Waals surface area contributed by atoms with Gasteiger partial charge in [0, 0.05) is 16.6 Å². The van der Waals surface area contributed by atoms with E-state index in [0.717, 1.165) is 8.58 Å². The predicted molar refractivity (Wildman–Crippen MR) is 101 cm³/mol. The van der Waals surface area contributed by atoms with Crippen LogP contribution in [0.5, 0.6) is 11.5 Å². The molecule has 0 spiro atoms. The normalized spacial score (nSPS) is 17.5. The summed E-state index contributed by atoms with van der Waals surface area (Å²) in [5.74, 6) is 0.432. The number of amides is 1. The Morgan fingerprint density at radius 2 is 2.00 bits per heavy atom. The third kappa shape index (κ3) is 3.05. The number of benzene rings is 2. The lowest BCUT2D eigenvalue weighted by molar-refractivity contribution is -0.386. The summed E-state index contributed by atoms with van der Waals surface area (Å²) in [6.45, 7) is 1.29. The first-order valence-corrected chi connectivity index (χ1v) is 8.91. The molecule has 1 amide bonds. The van der Waals surface area contributed by atoms with Crippen LogP contribution in [0.4, 0.5) is 5.69 Å². The number of nitro groups is 1. The summed E-state index contributed by atoms with van der Waals surface area (Å²) < 4.78 is 17.3. The molecule has 0 bridgehead atoms. The van der Waals surface area contributed by atoms with Crippen LogP contribution >= 0.6 is 22.6 Å². The highest BCUT2D eigenvalue weighted by molar-refractivity contribution is 14.1. The Balaban J connectivity index is 1.79. The lowest BCUT2D eigenvalue weighted by Gasteiger charge is -2.19. The molecule has 0 N–H and O–H groups in total. The molecular formula is C17H12IN3O6. The maximum absolute atomic E-state index is 12.1. The topological polar surface area (TPSA) is 104 Å². The molecule has 0 saturated carbocycles. The number of ether oxygens (including phenoxy) is 3. The number of nitrogens with zero attached hydrogens (tertiary/aromatic N) is 3. The van der Waals surface area contributed by atoms with Crippen molar-refractivity contribution < 1.29 is 23.9 Å². The number of hydrogen-bond donors (Lipinski definition) is 0. The number of nitro benzene ring substituents is 1.